The van der Waals surface area contributed by atoms with E-state index in [1.165, 1.54) is 0 Å². The molecule has 2 aromatic rings. The number of nitrogens with zero attached hydrogens (tertiary/aromatic N) is 3. The summed E-state index contributed by atoms with van der Waals surface area (Å²) in [6, 6.07) is 9.64. The Bertz CT molecular complexity index is 783. The highest BCUT2D eigenvalue weighted by atomic mass is 32.1. The molecule has 0 amide bonds. The van der Waals surface area contributed by atoms with Gasteiger partial charge in [-0.25, -0.2) is 4.68 Å². The van der Waals surface area contributed by atoms with Crippen molar-refractivity contribution in [3.05, 3.63) is 35.1 Å². The molecular formula is C15H15N3O3S. The van der Waals surface area contributed by atoms with Gasteiger partial charge >= 0.3 is 0 Å². The van der Waals surface area contributed by atoms with E-state index in [-0.39, 0.29) is 17.9 Å². The lowest BCUT2D eigenvalue weighted by Crippen LogP contribution is -2.37. The SMILES string of the molecule is Cn1c(-c2ccccc2)nn([C@@H]2CC(=O)[C@H]3OCC2O3)c1=S. The van der Waals surface area contributed by atoms with Gasteiger partial charge in [-0.15, -0.1) is 0 Å². The minimum absolute atomic E-state index is 0.0486. The van der Waals surface area contributed by atoms with Gasteiger partial charge in [0.25, 0.3) is 0 Å². The standard InChI is InChI=1S/C15H15N3O3S/c1-17-13(9-5-3-2-4-6-9)16-18(15(17)22)10-7-11(19)14-20-8-12(10)21-14/h2-6,10,12,14H,7-8H2,1H3/t10-,12?,14+/m1/s1. The zero-order valence-corrected chi connectivity index (χ0v) is 12.8. The molecule has 2 saturated heterocycles. The molecule has 0 aliphatic carbocycles. The van der Waals surface area contributed by atoms with Crippen LogP contribution in [-0.2, 0) is 21.3 Å². The van der Waals surface area contributed by atoms with Crippen molar-refractivity contribution in [3.8, 4) is 11.4 Å². The molecule has 4 rings (SSSR count). The third kappa shape index (κ3) is 2.05. The molecular weight excluding hydrogens is 302 g/mol. The Morgan fingerprint density at radius 1 is 1.32 bits per heavy atom. The molecule has 2 aliphatic heterocycles. The molecule has 0 radical (unpaired) electrons. The summed E-state index contributed by atoms with van der Waals surface area (Å²) in [5, 5.41) is 4.64. The van der Waals surface area contributed by atoms with Crippen molar-refractivity contribution >= 4 is 18.0 Å². The van der Waals surface area contributed by atoms with E-state index >= 15 is 0 Å². The van der Waals surface area contributed by atoms with Crippen LogP contribution in [-0.4, -0.2) is 39.1 Å². The highest BCUT2D eigenvalue weighted by Gasteiger charge is 2.45. The number of ketones is 1. The first-order valence-corrected chi connectivity index (χ1v) is 7.56. The van der Waals surface area contributed by atoms with E-state index in [0.29, 0.717) is 17.8 Å². The summed E-state index contributed by atoms with van der Waals surface area (Å²) in [6.07, 6.45) is -0.532. The summed E-state index contributed by atoms with van der Waals surface area (Å²) in [5.41, 5.74) is 0.985. The smallest absolute Gasteiger partial charge is 0.218 e. The van der Waals surface area contributed by atoms with Crippen LogP contribution in [0.25, 0.3) is 11.4 Å². The van der Waals surface area contributed by atoms with E-state index in [1.54, 1.807) is 4.68 Å². The van der Waals surface area contributed by atoms with Gasteiger partial charge in [-0.05, 0) is 12.2 Å². The summed E-state index contributed by atoms with van der Waals surface area (Å²) >= 11 is 5.50. The third-order valence-corrected chi connectivity index (χ3v) is 4.62. The maximum atomic E-state index is 12.0. The largest absolute Gasteiger partial charge is 0.343 e. The predicted octanol–water partition coefficient (Wildman–Crippen LogP) is 1.87. The Balaban J connectivity index is 1.77. The number of fused-ring (bicyclic) bond motifs is 2. The second-order valence-corrected chi connectivity index (χ2v) is 5.92. The number of carbonyl (C=O) groups is 1. The normalized spacial score (nSPS) is 27.3. The molecule has 2 aliphatic rings. The average Bonchev–Trinajstić information content (AvgIpc) is 3.09. The summed E-state index contributed by atoms with van der Waals surface area (Å²) < 4.78 is 15.1. The molecule has 114 valence electrons. The van der Waals surface area contributed by atoms with Crippen LogP contribution in [0, 0.1) is 4.77 Å². The fourth-order valence-electron chi connectivity index (χ4n) is 2.98. The van der Waals surface area contributed by atoms with Crippen molar-refractivity contribution in [1.82, 2.24) is 14.3 Å². The molecule has 2 fully saturated rings. The van der Waals surface area contributed by atoms with Gasteiger partial charge in [0.05, 0.1) is 12.6 Å². The first-order chi connectivity index (χ1) is 10.6. The summed E-state index contributed by atoms with van der Waals surface area (Å²) in [4.78, 5) is 12.0. The molecule has 1 aromatic heterocycles. The summed E-state index contributed by atoms with van der Waals surface area (Å²) in [7, 11) is 1.88. The average molecular weight is 317 g/mol. The van der Waals surface area contributed by atoms with Crippen molar-refractivity contribution in [1.29, 1.82) is 0 Å². The lowest BCUT2D eigenvalue weighted by molar-refractivity contribution is -0.156. The van der Waals surface area contributed by atoms with Crippen LogP contribution < -0.4 is 0 Å². The van der Waals surface area contributed by atoms with Crippen molar-refractivity contribution in [2.45, 2.75) is 24.9 Å². The van der Waals surface area contributed by atoms with Crippen LogP contribution in [0.4, 0.5) is 0 Å². The number of benzene rings is 1. The minimum Gasteiger partial charge on any atom is -0.343 e. The Kier molecular flexibility index (Phi) is 3.21. The summed E-state index contributed by atoms with van der Waals surface area (Å²) in [6.45, 7) is 0.403. The van der Waals surface area contributed by atoms with Gasteiger partial charge < -0.3 is 14.0 Å². The monoisotopic (exact) mass is 317 g/mol. The predicted molar refractivity (Wildman–Crippen MR) is 80.7 cm³/mol. The van der Waals surface area contributed by atoms with E-state index in [4.69, 9.17) is 21.7 Å². The first-order valence-electron chi connectivity index (χ1n) is 7.16. The van der Waals surface area contributed by atoms with Crippen molar-refractivity contribution in [3.63, 3.8) is 0 Å². The number of carbonyl (C=O) groups excluding carboxylic acids is 1. The quantitative estimate of drug-likeness (QED) is 0.792. The van der Waals surface area contributed by atoms with Crippen LogP contribution >= 0.6 is 12.2 Å². The maximum Gasteiger partial charge on any atom is 0.218 e. The molecule has 6 nitrogen and oxygen atoms in total. The minimum atomic E-state index is -0.701. The van der Waals surface area contributed by atoms with E-state index in [0.717, 1.165) is 11.4 Å². The van der Waals surface area contributed by atoms with Crippen molar-refractivity contribution in [2.24, 2.45) is 7.05 Å². The fourth-order valence-corrected chi connectivity index (χ4v) is 3.24. The van der Waals surface area contributed by atoms with Crippen molar-refractivity contribution < 1.29 is 14.3 Å². The second kappa shape index (κ2) is 5.12. The molecule has 0 saturated carbocycles. The Morgan fingerprint density at radius 3 is 2.86 bits per heavy atom. The number of aromatic nitrogens is 3. The summed E-state index contributed by atoms with van der Waals surface area (Å²) in [5.74, 6) is 0.728. The van der Waals surface area contributed by atoms with Gasteiger partial charge in [0.15, 0.2) is 16.4 Å². The zero-order valence-electron chi connectivity index (χ0n) is 12.0. The molecule has 22 heavy (non-hydrogen) atoms. The number of hydrogen-bond acceptors (Lipinski definition) is 5. The number of rotatable bonds is 2. The zero-order chi connectivity index (χ0) is 15.3. The Morgan fingerprint density at radius 2 is 2.09 bits per heavy atom. The van der Waals surface area contributed by atoms with Crippen molar-refractivity contribution in [2.75, 3.05) is 6.61 Å². The molecule has 0 spiro atoms. The van der Waals surface area contributed by atoms with Crippen LogP contribution in [0.2, 0.25) is 0 Å². The maximum absolute atomic E-state index is 12.0. The van der Waals surface area contributed by atoms with E-state index in [1.807, 2.05) is 41.9 Å². The van der Waals surface area contributed by atoms with Crippen LogP contribution in [0.3, 0.4) is 0 Å². The van der Waals surface area contributed by atoms with E-state index < -0.39 is 6.29 Å². The van der Waals surface area contributed by atoms with Crippen LogP contribution in [0.5, 0.6) is 0 Å². The lowest BCUT2D eigenvalue weighted by atomic mass is 10.0. The number of hydrogen-bond donors (Lipinski definition) is 0. The van der Waals surface area contributed by atoms with Gasteiger partial charge in [-0.3, -0.25) is 4.79 Å². The molecule has 3 heterocycles. The number of ether oxygens (including phenoxy) is 2. The lowest BCUT2D eigenvalue weighted by Gasteiger charge is -2.26. The molecule has 0 N–H and O–H groups in total. The third-order valence-electron chi connectivity index (χ3n) is 4.16. The van der Waals surface area contributed by atoms with Crippen LogP contribution in [0.15, 0.2) is 30.3 Å². The molecule has 3 atom stereocenters. The van der Waals surface area contributed by atoms with Crippen LogP contribution in [0.1, 0.15) is 12.5 Å². The van der Waals surface area contributed by atoms with E-state index in [2.05, 4.69) is 5.10 Å². The topological polar surface area (TPSA) is 58.3 Å². The highest BCUT2D eigenvalue weighted by molar-refractivity contribution is 7.71. The van der Waals surface area contributed by atoms with Gasteiger partial charge in [-0.2, -0.15) is 5.10 Å². The van der Waals surface area contributed by atoms with Gasteiger partial charge in [0, 0.05) is 19.0 Å². The second-order valence-electron chi connectivity index (χ2n) is 5.55. The molecule has 1 aromatic carbocycles. The fraction of sp³-hybridized carbons (Fsp3) is 0.400. The van der Waals surface area contributed by atoms with Gasteiger partial charge in [0.1, 0.15) is 6.10 Å². The Labute approximate surface area is 132 Å². The Hall–Kier alpha value is -1.83. The highest BCUT2D eigenvalue weighted by Crippen LogP contribution is 2.33. The van der Waals surface area contributed by atoms with Gasteiger partial charge in [-0.1, -0.05) is 30.3 Å². The van der Waals surface area contributed by atoms with E-state index in [9.17, 15) is 4.79 Å². The molecule has 7 heteroatoms. The number of Topliss-reactive ketones (excluding diaryl/α,β-unsaturated/α-hetero) is 1. The van der Waals surface area contributed by atoms with Gasteiger partial charge in [0.2, 0.25) is 6.29 Å². The first kappa shape index (κ1) is 13.8. The molecule has 1 unspecified atom stereocenters. The molecule has 2 bridgehead atoms.